The molecule has 1 aromatic heterocycles. The molecule has 1 heterocycles. The maximum absolute atomic E-state index is 5.97. The van der Waals surface area contributed by atoms with Crippen molar-refractivity contribution in [3.05, 3.63) is 40.4 Å². The Morgan fingerprint density at radius 2 is 2.24 bits per heavy atom. The Morgan fingerprint density at radius 1 is 1.41 bits per heavy atom. The monoisotopic (exact) mass is 266 g/mol. The highest BCUT2D eigenvalue weighted by Crippen LogP contribution is 2.25. The molecule has 0 saturated carbocycles. The van der Waals surface area contributed by atoms with Crippen LogP contribution in [0.2, 0.25) is 5.02 Å². The molecule has 0 aliphatic carbocycles. The van der Waals surface area contributed by atoms with E-state index in [1.165, 1.54) is 0 Å². The molecular formula is C13H15ClN2S. The minimum Gasteiger partial charge on any atom is -0.309 e. The second-order valence-corrected chi connectivity index (χ2v) is 5.48. The van der Waals surface area contributed by atoms with Gasteiger partial charge in [0.05, 0.1) is 5.69 Å². The van der Waals surface area contributed by atoms with E-state index < -0.39 is 0 Å². The fraction of sp³-hybridized carbons (Fsp3) is 0.308. The molecule has 2 aromatic rings. The number of benzene rings is 1. The Bertz CT molecular complexity index is 494. The first-order chi connectivity index (χ1) is 8.15. The predicted octanol–water partition coefficient (Wildman–Crippen LogP) is 3.96. The second kappa shape index (κ2) is 5.63. The highest BCUT2D eigenvalue weighted by molar-refractivity contribution is 7.13. The lowest BCUT2D eigenvalue weighted by molar-refractivity contribution is 0.583. The fourth-order valence-electron chi connectivity index (χ4n) is 1.45. The van der Waals surface area contributed by atoms with Gasteiger partial charge in [-0.1, -0.05) is 37.6 Å². The van der Waals surface area contributed by atoms with Crippen LogP contribution in [0.25, 0.3) is 10.6 Å². The minimum absolute atomic E-state index is 0.478. The molecule has 0 bridgehead atoms. The molecule has 0 radical (unpaired) electrons. The molecule has 0 spiro atoms. The van der Waals surface area contributed by atoms with Crippen LogP contribution in [0.3, 0.4) is 0 Å². The van der Waals surface area contributed by atoms with Crippen LogP contribution in [0.4, 0.5) is 0 Å². The van der Waals surface area contributed by atoms with Crippen LogP contribution < -0.4 is 5.32 Å². The van der Waals surface area contributed by atoms with E-state index >= 15 is 0 Å². The molecule has 0 amide bonds. The van der Waals surface area contributed by atoms with Gasteiger partial charge in [-0.15, -0.1) is 11.3 Å². The van der Waals surface area contributed by atoms with Gasteiger partial charge in [0.15, 0.2) is 0 Å². The third-order valence-electron chi connectivity index (χ3n) is 2.31. The Labute approximate surface area is 111 Å². The van der Waals surface area contributed by atoms with Gasteiger partial charge in [0.25, 0.3) is 0 Å². The van der Waals surface area contributed by atoms with Gasteiger partial charge < -0.3 is 5.32 Å². The fourth-order valence-corrected chi connectivity index (χ4v) is 2.46. The van der Waals surface area contributed by atoms with Gasteiger partial charge in [0.2, 0.25) is 0 Å². The number of hydrogen-bond acceptors (Lipinski definition) is 3. The van der Waals surface area contributed by atoms with Crippen LogP contribution in [0.15, 0.2) is 29.6 Å². The lowest BCUT2D eigenvalue weighted by Gasteiger charge is -2.04. The zero-order chi connectivity index (χ0) is 12.3. The van der Waals surface area contributed by atoms with E-state index in [0.29, 0.717) is 6.04 Å². The number of nitrogens with one attached hydrogen (secondary N) is 1. The van der Waals surface area contributed by atoms with Gasteiger partial charge in [0, 0.05) is 28.6 Å². The number of thiazole rings is 1. The highest BCUT2D eigenvalue weighted by Gasteiger charge is 2.05. The van der Waals surface area contributed by atoms with Gasteiger partial charge in [-0.3, -0.25) is 0 Å². The van der Waals surface area contributed by atoms with Crippen LogP contribution >= 0.6 is 22.9 Å². The van der Waals surface area contributed by atoms with Crippen molar-refractivity contribution >= 4 is 22.9 Å². The molecule has 90 valence electrons. The summed E-state index contributed by atoms with van der Waals surface area (Å²) in [6.45, 7) is 5.07. The SMILES string of the molecule is CC(C)NCc1csc(-c2cccc(Cl)c2)n1. The van der Waals surface area contributed by atoms with Crippen LogP contribution in [0.5, 0.6) is 0 Å². The molecule has 1 N–H and O–H groups in total. The first-order valence-electron chi connectivity index (χ1n) is 5.59. The van der Waals surface area contributed by atoms with Crippen LogP contribution in [-0.2, 0) is 6.54 Å². The van der Waals surface area contributed by atoms with E-state index in [2.05, 4.69) is 29.5 Å². The lowest BCUT2D eigenvalue weighted by Crippen LogP contribution is -2.21. The lowest BCUT2D eigenvalue weighted by atomic mass is 10.2. The summed E-state index contributed by atoms with van der Waals surface area (Å²) >= 11 is 7.62. The number of hydrogen-bond donors (Lipinski definition) is 1. The molecule has 0 unspecified atom stereocenters. The van der Waals surface area contributed by atoms with Crippen molar-refractivity contribution in [1.29, 1.82) is 0 Å². The number of halogens is 1. The van der Waals surface area contributed by atoms with Gasteiger partial charge in [-0.25, -0.2) is 4.98 Å². The smallest absolute Gasteiger partial charge is 0.123 e. The van der Waals surface area contributed by atoms with Gasteiger partial charge in [-0.05, 0) is 12.1 Å². The topological polar surface area (TPSA) is 24.9 Å². The summed E-state index contributed by atoms with van der Waals surface area (Å²) in [5.41, 5.74) is 2.16. The molecule has 17 heavy (non-hydrogen) atoms. The molecular weight excluding hydrogens is 252 g/mol. The van der Waals surface area contributed by atoms with E-state index in [0.717, 1.165) is 27.8 Å². The van der Waals surface area contributed by atoms with Crippen molar-refractivity contribution in [2.45, 2.75) is 26.4 Å². The summed E-state index contributed by atoms with van der Waals surface area (Å²) in [5.74, 6) is 0. The summed E-state index contributed by atoms with van der Waals surface area (Å²) in [6, 6.07) is 8.28. The van der Waals surface area contributed by atoms with Crippen molar-refractivity contribution < 1.29 is 0 Å². The first-order valence-corrected chi connectivity index (χ1v) is 6.84. The van der Waals surface area contributed by atoms with E-state index in [1.807, 2.05) is 24.3 Å². The maximum atomic E-state index is 5.97. The van der Waals surface area contributed by atoms with Crippen molar-refractivity contribution in [3.63, 3.8) is 0 Å². The molecule has 4 heteroatoms. The average molecular weight is 267 g/mol. The van der Waals surface area contributed by atoms with Gasteiger partial charge in [0.1, 0.15) is 5.01 Å². The standard InChI is InChI=1S/C13H15ClN2S/c1-9(2)15-7-12-8-17-13(16-12)10-4-3-5-11(14)6-10/h3-6,8-9,15H,7H2,1-2H3. The van der Waals surface area contributed by atoms with Crippen molar-refractivity contribution in [1.82, 2.24) is 10.3 Å². The Kier molecular flexibility index (Phi) is 4.15. The molecule has 0 fully saturated rings. The van der Waals surface area contributed by atoms with E-state index in [4.69, 9.17) is 11.6 Å². The van der Waals surface area contributed by atoms with Crippen LogP contribution in [-0.4, -0.2) is 11.0 Å². The third kappa shape index (κ3) is 3.53. The summed E-state index contributed by atoms with van der Waals surface area (Å²) in [4.78, 5) is 4.59. The third-order valence-corrected chi connectivity index (χ3v) is 3.49. The highest BCUT2D eigenvalue weighted by atomic mass is 35.5. The van der Waals surface area contributed by atoms with E-state index in [-0.39, 0.29) is 0 Å². The zero-order valence-corrected chi connectivity index (χ0v) is 11.5. The molecule has 0 atom stereocenters. The zero-order valence-electron chi connectivity index (χ0n) is 9.90. The summed E-state index contributed by atoms with van der Waals surface area (Å²) in [6.07, 6.45) is 0. The summed E-state index contributed by atoms with van der Waals surface area (Å²) in [5, 5.41) is 7.22. The Hall–Kier alpha value is -0.900. The summed E-state index contributed by atoms with van der Waals surface area (Å²) < 4.78 is 0. The van der Waals surface area contributed by atoms with Crippen molar-refractivity contribution in [2.24, 2.45) is 0 Å². The molecule has 0 aliphatic heterocycles. The Balaban J connectivity index is 2.12. The maximum Gasteiger partial charge on any atom is 0.123 e. The Morgan fingerprint density at radius 3 is 2.94 bits per heavy atom. The average Bonchev–Trinajstić information content (AvgIpc) is 2.75. The van der Waals surface area contributed by atoms with E-state index in [9.17, 15) is 0 Å². The molecule has 0 saturated heterocycles. The molecule has 1 aromatic carbocycles. The van der Waals surface area contributed by atoms with Gasteiger partial charge >= 0.3 is 0 Å². The van der Waals surface area contributed by atoms with Crippen molar-refractivity contribution in [2.75, 3.05) is 0 Å². The number of rotatable bonds is 4. The number of aromatic nitrogens is 1. The van der Waals surface area contributed by atoms with Crippen LogP contribution in [0.1, 0.15) is 19.5 Å². The molecule has 2 rings (SSSR count). The van der Waals surface area contributed by atoms with Gasteiger partial charge in [-0.2, -0.15) is 0 Å². The molecule has 2 nitrogen and oxygen atoms in total. The molecule has 0 aliphatic rings. The van der Waals surface area contributed by atoms with Crippen molar-refractivity contribution in [3.8, 4) is 10.6 Å². The minimum atomic E-state index is 0.478. The normalized spacial score (nSPS) is 11.1. The predicted molar refractivity (Wildman–Crippen MR) is 74.5 cm³/mol. The largest absolute Gasteiger partial charge is 0.309 e. The summed E-state index contributed by atoms with van der Waals surface area (Å²) in [7, 11) is 0. The van der Waals surface area contributed by atoms with E-state index in [1.54, 1.807) is 11.3 Å². The van der Waals surface area contributed by atoms with Crippen LogP contribution in [0, 0.1) is 0 Å². The number of nitrogens with zero attached hydrogens (tertiary/aromatic N) is 1. The second-order valence-electron chi connectivity index (χ2n) is 4.19. The quantitative estimate of drug-likeness (QED) is 0.906. The first kappa shape index (κ1) is 12.6.